The van der Waals surface area contributed by atoms with E-state index in [-0.39, 0.29) is 0 Å². The van der Waals surface area contributed by atoms with Crippen molar-refractivity contribution in [2.75, 3.05) is 0 Å². The topological polar surface area (TPSA) is 12.9 Å². The highest BCUT2D eigenvalue weighted by molar-refractivity contribution is 6.24. The largest absolute Gasteiger partial charge is 0.256 e. The average molecular weight is 656 g/mol. The molecular weight excluding hydrogens is 615 g/mol. The first-order valence-electron chi connectivity index (χ1n) is 18.0. The van der Waals surface area contributed by atoms with Crippen LogP contribution in [-0.2, 0) is 6.42 Å². The molecule has 0 unspecified atom stereocenters. The van der Waals surface area contributed by atoms with Gasteiger partial charge >= 0.3 is 0 Å². The number of allylic oxidation sites excluding steroid dienone is 5. The van der Waals surface area contributed by atoms with Crippen molar-refractivity contribution in [2.24, 2.45) is 0 Å². The predicted octanol–water partition coefficient (Wildman–Crippen LogP) is 14.2. The number of nitrogens with zero attached hydrogens (tertiary/aromatic N) is 1. The van der Waals surface area contributed by atoms with Crippen LogP contribution in [0.15, 0.2) is 170 Å². The molecule has 1 heteroatoms. The van der Waals surface area contributed by atoms with E-state index in [1.54, 1.807) is 0 Å². The molecule has 0 N–H and O–H groups in total. The zero-order valence-electron chi connectivity index (χ0n) is 29.6. The molecule has 0 bridgehead atoms. The van der Waals surface area contributed by atoms with E-state index in [1.165, 1.54) is 76.5 Å². The normalized spacial score (nSPS) is 12.3. The quantitative estimate of drug-likeness (QED) is 0.117. The van der Waals surface area contributed by atoms with E-state index in [2.05, 4.69) is 173 Å². The van der Waals surface area contributed by atoms with Gasteiger partial charge in [0.25, 0.3) is 0 Å². The lowest BCUT2D eigenvalue weighted by Gasteiger charge is -2.20. The Morgan fingerprint density at radius 2 is 1.20 bits per heavy atom. The molecule has 0 radical (unpaired) electrons. The van der Waals surface area contributed by atoms with Gasteiger partial charge in [0.05, 0.1) is 5.69 Å². The van der Waals surface area contributed by atoms with Gasteiger partial charge in [-0.15, -0.1) is 0 Å². The highest BCUT2D eigenvalue weighted by Gasteiger charge is 2.19. The number of aromatic nitrogens is 1. The second-order valence-corrected chi connectivity index (χ2v) is 13.4. The van der Waals surface area contributed by atoms with E-state index in [1.807, 2.05) is 12.3 Å². The van der Waals surface area contributed by atoms with Gasteiger partial charge in [-0.25, -0.2) is 0 Å². The van der Waals surface area contributed by atoms with E-state index in [4.69, 9.17) is 4.98 Å². The molecule has 0 atom stereocenters. The van der Waals surface area contributed by atoms with Crippen LogP contribution in [0.4, 0.5) is 0 Å². The molecule has 8 rings (SSSR count). The highest BCUT2D eigenvalue weighted by Crippen LogP contribution is 2.46. The zero-order valence-corrected chi connectivity index (χ0v) is 29.6. The number of rotatable bonds is 8. The third-order valence-electron chi connectivity index (χ3n) is 10.4. The Hall–Kier alpha value is -6.05. The second-order valence-electron chi connectivity index (χ2n) is 13.4. The molecule has 0 saturated heterocycles. The summed E-state index contributed by atoms with van der Waals surface area (Å²) in [6.07, 6.45) is 10.2. The SMILES string of the molecule is C=C/C=C(\C=C(/C)CC)c1ccc(-c2ccc(-c3c4ccccc4c(-c4ccc5cc(CC)ccc5c4)c4ccccc34)c3ccccc23)nc1. The van der Waals surface area contributed by atoms with Crippen LogP contribution < -0.4 is 0 Å². The van der Waals surface area contributed by atoms with Gasteiger partial charge in [-0.3, -0.25) is 4.98 Å². The molecule has 1 heterocycles. The lowest BCUT2D eigenvalue weighted by molar-refractivity contribution is 1.10. The van der Waals surface area contributed by atoms with E-state index < -0.39 is 0 Å². The minimum atomic E-state index is 0.961. The maximum Gasteiger partial charge on any atom is 0.0708 e. The molecule has 1 nitrogen and oxygen atoms in total. The van der Waals surface area contributed by atoms with Gasteiger partial charge in [0.2, 0.25) is 0 Å². The van der Waals surface area contributed by atoms with Crippen LogP contribution in [0.1, 0.15) is 38.3 Å². The summed E-state index contributed by atoms with van der Waals surface area (Å²) in [6.45, 7) is 10.5. The monoisotopic (exact) mass is 655 g/mol. The average Bonchev–Trinajstić information content (AvgIpc) is 3.19. The number of hydrogen-bond donors (Lipinski definition) is 0. The summed E-state index contributed by atoms with van der Waals surface area (Å²) in [5, 5.41) is 10.00. The van der Waals surface area contributed by atoms with Gasteiger partial charge in [-0.05, 0) is 108 Å². The van der Waals surface area contributed by atoms with Crippen molar-refractivity contribution < 1.29 is 0 Å². The number of fused-ring (bicyclic) bond motifs is 4. The van der Waals surface area contributed by atoms with Gasteiger partial charge in [0, 0.05) is 17.3 Å². The van der Waals surface area contributed by atoms with Crippen LogP contribution in [0.5, 0.6) is 0 Å². The summed E-state index contributed by atoms with van der Waals surface area (Å²) in [6, 6.07) is 49.3. The number of hydrogen-bond acceptors (Lipinski definition) is 1. The standard InChI is InChI=1S/C50H41N/c1-5-14-35(29-33(4)6-2)39-25-28-48(51-32-39)42-26-27-47(41-16-9-8-15-40(41)42)50-45-19-12-10-17-43(45)49(44-18-11-13-20-46(44)50)38-24-23-36-30-34(7-3)21-22-37(36)31-38/h5,8-32H,1,6-7H2,2-4H3/b33-29+,35-14+. The molecule has 0 spiro atoms. The maximum absolute atomic E-state index is 5.01. The number of pyridine rings is 1. The number of aryl methyl sites for hydroxylation is 1. The van der Waals surface area contributed by atoms with Gasteiger partial charge < -0.3 is 0 Å². The van der Waals surface area contributed by atoms with Crippen molar-refractivity contribution in [3.8, 4) is 33.5 Å². The summed E-state index contributed by atoms with van der Waals surface area (Å²) in [5.41, 5.74) is 12.0. The highest BCUT2D eigenvalue weighted by atomic mass is 14.7. The van der Waals surface area contributed by atoms with Crippen LogP contribution in [0.3, 0.4) is 0 Å². The third-order valence-corrected chi connectivity index (χ3v) is 10.4. The summed E-state index contributed by atoms with van der Waals surface area (Å²) in [4.78, 5) is 5.01. The molecule has 0 aliphatic carbocycles. The van der Waals surface area contributed by atoms with Crippen molar-refractivity contribution in [1.29, 1.82) is 0 Å². The molecule has 0 fully saturated rings. The van der Waals surface area contributed by atoms with Gasteiger partial charge in [-0.2, -0.15) is 0 Å². The Morgan fingerprint density at radius 3 is 1.80 bits per heavy atom. The van der Waals surface area contributed by atoms with Crippen LogP contribution in [0.25, 0.3) is 82.2 Å². The molecular formula is C50H41N. The smallest absolute Gasteiger partial charge is 0.0708 e. The molecule has 0 saturated carbocycles. The zero-order chi connectivity index (χ0) is 34.9. The molecule has 51 heavy (non-hydrogen) atoms. The fourth-order valence-electron chi connectivity index (χ4n) is 7.59. The molecule has 0 amide bonds. The van der Waals surface area contributed by atoms with Crippen molar-refractivity contribution in [1.82, 2.24) is 4.98 Å². The fraction of sp³-hybridized carbons (Fsp3) is 0.100. The lowest BCUT2D eigenvalue weighted by atomic mass is 9.83. The van der Waals surface area contributed by atoms with E-state index in [0.29, 0.717) is 0 Å². The maximum atomic E-state index is 5.01. The Labute approximate surface area is 300 Å². The Kier molecular flexibility index (Phi) is 8.64. The first kappa shape index (κ1) is 32.2. The Morgan fingerprint density at radius 1 is 0.608 bits per heavy atom. The van der Waals surface area contributed by atoms with E-state index in [0.717, 1.165) is 35.2 Å². The van der Waals surface area contributed by atoms with Gasteiger partial charge in [0.1, 0.15) is 0 Å². The van der Waals surface area contributed by atoms with E-state index >= 15 is 0 Å². The lowest BCUT2D eigenvalue weighted by Crippen LogP contribution is -1.93. The molecule has 246 valence electrons. The Bertz CT molecular complexity index is 2610. The van der Waals surface area contributed by atoms with Crippen LogP contribution in [0, 0.1) is 0 Å². The van der Waals surface area contributed by atoms with Gasteiger partial charge in [0.15, 0.2) is 0 Å². The minimum absolute atomic E-state index is 0.961. The molecule has 1 aromatic heterocycles. The predicted molar refractivity (Wildman–Crippen MR) is 222 cm³/mol. The molecule has 7 aromatic carbocycles. The van der Waals surface area contributed by atoms with Crippen molar-refractivity contribution in [3.05, 3.63) is 181 Å². The minimum Gasteiger partial charge on any atom is -0.256 e. The van der Waals surface area contributed by atoms with Crippen molar-refractivity contribution >= 4 is 48.7 Å². The summed E-state index contributed by atoms with van der Waals surface area (Å²) < 4.78 is 0. The van der Waals surface area contributed by atoms with Crippen LogP contribution >= 0.6 is 0 Å². The number of benzene rings is 7. The van der Waals surface area contributed by atoms with Gasteiger partial charge in [-0.1, -0.05) is 166 Å². The summed E-state index contributed by atoms with van der Waals surface area (Å²) in [7, 11) is 0. The van der Waals surface area contributed by atoms with Crippen molar-refractivity contribution in [2.45, 2.75) is 33.6 Å². The third kappa shape index (κ3) is 5.85. The first-order valence-corrected chi connectivity index (χ1v) is 18.0. The Balaban J connectivity index is 1.32. The molecule has 0 aliphatic heterocycles. The summed E-state index contributed by atoms with van der Waals surface area (Å²) >= 11 is 0. The summed E-state index contributed by atoms with van der Waals surface area (Å²) in [5.74, 6) is 0. The first-order chi connectivity index (χ1) is 25.1. The van der Waals surface area contributed by atoms with Crippen LogP contribution in [0.2, 0.25) is 0 Å². The van der Waals surface area contributed by atoms with Crippen LogP contribution in [-0.4, -0.2) is 4.98 Å². The van der Waals surface area contributed by atoms with Crippen molar-refractivity contribution in [3.63, 3.8) is 0 Å². The second kappa shape index (κ2) is 13.7. The molecule has 8 aromatic rings. The molecule has 0 aliphatic rings. The van der Waals surface area contributed by atoms with E-state index in [9.17, 15) is 0 Å². The fourth-order valence-corrected chi connectivity index (χ4v) is 7.59.